The molecule has 0 saturated carbocycles. The van der Waals surface area contributed by atoms with Crippen LogP contribution in [0.4, 0.5) is 11.4 Å². The van der Waals surface area contributed by atoms with Crippen molar-refractivity contribution in [2.45, 2.75) is 6.54 Å². The highest BCUT2D eigenvalue weighted by Crippen LogP contribution is 2.13. The smallest absolute Gasteiger partial charge is 0.229 e. The molecule has 4 nitrogen and oxygen atoms in total. The van der Waals surface area contributed by atoms with E-state index in [0.717, 1.165) is 17.5 Å². The van der Waals surface area contributed by atoms with Crippen molar-refractivity contribution in [3.05, 3.63) is 60.2 Å². The molecule has 99 valence electrons. The molecule has 0 fully saturated rings. The minimum Gasteiger partial charge on any atom is -0.380 e. The van der Waals surface area contributed by atoms with Crippen molar-refractivity contribution >= 4 is 21.4 Å². The average Bonchev–Trinajstić information content (AvgIpc) is 2.36. The van der Waals surface area contributed by atoms with Gasteiger partial charge < -0.3 is 5.32 Å². The van der Waals surface area contributed by atoms with Crippen LogP contribution < -0.4 is 10.0 Å². The molecule has 2 aromatic rings. The SMILES string of the molecule is CS(=O)(=O)Nc1cccc(CNc2[c]cccc2)c1. The fourth-order valence-corrected chi connectivity index (χ4v) is 2.21. The van der Waals surface area contributed by atoms with Crippen LogP contribution in [0.5, 0.6) is 0 Å². The third-order valence-electron chi connectivity index (χ3n) is 2.42. The van der Waals surface area contributed by atoms with E-state index in [1.54, 1.807) is 12.1 Å². The quantitative estimate of drug-likeness (QED) is 0.881. The zero-order valence-corrected chi connectivity index (χ0v) is 11.4. The van der Waals surface area contributed by atoms with Crippen molar-refractivity contribution in [3.63, 3.8) is 0 Å². The number of hydrogen-bond acceptors (Lipinski definition) is 3. The minimum atomic E-state index is -3.24. The Bertz CT molecular complexity index is 640. The zero-order valence-electron chi connectivity index (χ0n) is 10.6. The second-order valence-electron chi connectivity index (χ2n) is 4.20. The first-order chi connectivity index (χ1) is 9.03. The molecule has 0 aromatic heterocycles. The number of benzene rings is 2. The van der Waals surface area contributed by atoms with Gasteiger partial charge in [0.2, 0.25) is 10.0 Å². The van der Waals surface area contributed by atoms with Crippen molar-refractivity contribution in [1.82, 2.24) is 0 Å². The highest BCUT2D eigenvalue weighted by molar-refractivity contribution is 7.92. The van der Waals surface area contributed by atoms with Crippen LogP contribution in [-0.4, -0.2) is 14.7 Å². The summed E-state index contributed by atoms with van der Waals surface area (Å²) in [5.74, 6) is 0. The van der Waals surface area contributed by atoms with Gasteiger partial charge >= 0.3 is 0 Å². The maximum absolute atomic E-state index is 11.2. The number of sulfonamides is 1. The predicted octanol–water partition coefficient (Wildman–Crippen LogP) is 2.47. The molecule has 2 N–H and O–H groups in total. The van der Waals surface area contributed by atoms with Gasteiger partial charge in [-0.3, -0.25) is 4.72 Å². The van der Waals surface area contributed by atoms with Crippen LogP contribution in [0.1, 0.15) is 5.56 Å². The van der Waals surface area contributed by atoms with E-state index in [4.69, 9.17) is 0 Å². The molecule has 0 spiro atoms. The van der Waals surface area contributed by atoms with Crippen molar-refractivity contribution < 1.29 is 8.42 Å². The van der Waals surface area contributed by atoms with Crippen molar-refractivity contribution in [2.24, 2.45) is 0 Å². The maximum Gasteiger partial charge on any atom is 0.229 e. The molecule has 1 radical (unpaired) electrons. The van der Waals surface area contributed by atoms with Crippen LogP contribution in [0.3, 0.4) is 0 Å². The van der Waals surface area contributed by atoms with Gasteiger partial charge in [-0.1, -0.05) is 30.3 Å². The summed E-state index contributed by atoms with van der Waals surface area (Å²) in [7, 11) is -3.24. The highest BCUT2D eigenvalue weighted by atomic mass is 32.2. The topological polar surface area (TPSA) is 58.2 Å². The molecule has 0 aliphatic heterocycles. The molecule has 0 aliphatic rings. The summed E-state index contributed by atoms with van der Waals surface area (Å²) in [6.45, 7) is 0.611. The Balaban J connectivity index is 2.03. The zero-order chi connectivity index (χ0) is 13.7. The summed E-state index contributed by atoms with van der Waals surface area (Å²) < 4.78 is 24.8. The lowest BCUT2D eigenvalue weighted by atomic mass is 10.2. The number of rotatable bonds is 5. The average molecular weight is 275 g/mol. The number of anilines is 2. The van der Waals surface area contributed by atoms with Crippen LogP contribution >= 0.6 is 0 Å². The Hall–Kier alpha value is -2.01. The van der Waals surface area contributed by atoms with E-state index in [-0.39, 0.29) is 0 Å². The highest BCUT2D eigenvalue weighted by Gasteiger charge is 2.02. The number of nitrogens with one attached hydrogen (secondary N) is 2. The van der Waals surface area contributed by atoms with E-state index < -0.39 is 10.0 Å². The van der Waals surface area contributed by atoms with Gasteiger partial charge in [-0.05, 0) is 23.8 Å². The van der Waals surface area contributed by atoms with Crippen molar-refractivity contribution in [1.29, 1.82) is 0 Å². The molecular weight excluding hydrogens is 260 g/mol. The Morgan fingerprint density at radius 1 is 1.16 bits per heavy atom. The van der Waals surface area contributed by atoms with E-state index in [0.29, 0.717) is 12.2 Å². The first-order valence-electron chi connectivity index (χ1n) is 5.80. The number of para-hydroxylation sites is 1. The molecule has 0 unspecified atom stereocenters. The Morgan fingerprint density at radius 3 is 2.68 bits per heavy atom. The molecule has 2 rings (SSSR count). The molecule has 0 bridgehead atoms. The van der Waals surface area contributed by atoms with Gasteiger partial charge in [-0.15, -0.1) is 0 Å². The number of hydrogen-bond donors (Lipinski definition) is 2. The molecule has 0 heterocycles. The summed E-state index contributed by atoms with van der Waals surface area (Å²) in [4.78, 5) is 0. The summed E-state index contributed by atoms with van der Waals surface area (Å²) in [6, 6.07) is 17.9. The van der Waals surface area contributed by atoms with Gasteiger partial charge in [-0.2, -0.15) is 0 Å². The van der Waals surface area contributed by atoms with Gasteiger partial charge in [0, 0.05) is 24.0 Å². The molecule has 2 aromatic carbocycles. The summed E-state index contributed by atoms with van der Waals surface area (Å²) in [6.07, 6.45) is 1.14. The van der Waals surface area contributed by atoms with Gasteiger partial charge in [0.25, 0.3) is 0 Å². The van der Waals surface area contributed by atoms with Crippen LogP contribution in [0, 0.1) is 6.07 Å². The Kier molecular flexibility index (Phi) is 4.06. The Morgan fingerprint density at radius 2 is 2.00 bits per heavy atom. The maximum atomic E-state index is 11.2. The molecule has 19 heavy (non-hydrogen) atoms. The van der Waals surface area contributed by atoms with E-state index in [1.807, 2.05) is 36.4 Å². The van der Waals surface area contributed by atoms with Crippen molar-refractivity contribution in [3.8, 4) is 0 Å². The minimum absolute atomic E-state index is 0.568. The lowest BCUT2D eigenvalue weighted by Crippen LogP contribution is -2.10. The van der Waals surface area contributed by atoms with Crippen LogP contribution in [0.2, 0.25) is 0 Å². The van der Waals surface area contributed by atoms with E-state index in [2.05, 4.69) is 16.1 Å². The van der Waals surface area contributed by atoms with Gasteiger partial charge in [0.05, 0.1) is 6.26 Å². The second-order valence-corrected chi connectivity index (χ2v) is 5.95. The molecular formula is C14H15N2O2S. The largest absolute Gasteiger partial charge is 0.380 e. The Labute approximate surface area is 113 Å². The third kappa shape index (κ3) is 4.63. The standard InChI is InChI=1S/C14H15N2O2S/c1-19(17,18)16-14-9-5-6-12(10-14)11-15-13-7-3-2-4-8-13/h2-7,9-10,15-16H,11H2,1H3. The fourth-order valence-electron chi connectivity index (χ4n) is 1.66. The first-order valence-corrected chi connectivity index (χ1v) is 7.69. The van der Waals surface area contributed by atoms with E-state index >= 15 is 0 Å². The van der Waals surface area contributed by atoms with Crippen LogP contribution in [0.15, 0.2) is 48.5 Å². The van der Waals surface area contributed by atoms with Gasteiger partial charge in [0.1, 0.15) is 0 Å². The van der Waals surface area contributed by atoms with Crippen molar-refractivity contribution in [2.75, 3.05) is 16.3 Å². The lowest BCUT2D eigenvalue weighted by molar-refractivity contribution is 0.607. The van der Waals surface area contributed by atoms with Crippen LogP contribution in [-0.2, 0) is 16.6 Å². The fraction of sp³-hybridized carbons (Fsp3) is 0.143. The van der Waals surface area contributed by atoms with Gasteiger partial charge in [-0.25, -0.2) is 8.42 Å². The molecule has 0 atom stereocenters. The molecule has 0 saturated heterocycles. The summed E-state index contributed by atoms with van der Waals surface area (Å²) >= 11 is 0. The van der Waals surface area contributed by atoms with Gasteiger partial charge in [0.15, 0.2) is 0 Å². The molecule has 5 heteroatoms. The van der Waals surface area contributed by atoms with Crippen LogP contribution in [0.25, 0.3) is 0 Å². The monoisotopic (exact) mass is 275 g/mol. The second kappa shape index (κ2) is 5.75. The lowest BCUT2D eigenvalue weighted by Gasteiger charge is -2.08. The normalized spacial score (nSPS) is 11.0. The van der Waals surface area contributed by atoms with E-state index in [9.17, 15) is 8.42 Å². The summed E-state index contributed by atoms with van der Waals surface area (Å²) in [5, 5.41) is 3.22. The third-order valence-corrected chi connectivity index (χ3v) is 3.03. The first kappa shape index (κ1) is 13.4. The molecule has 0 aliphatic carbocycles. The van der Waals surface area contributed by atoms with E-state index in [1.165, 1.54) is 0 Å². The predicted molar refractivity (Wildman–Crippen MR) is 77.5 cm³/mol. The summed E-state index contributed by atoms with van der Waals surface area (Å²) in [5.41, 5.74) is 2.47. The molecule has 0 amide bonds.